The highest BCUT2D eigenvalue weighted by Crippen LogP contribution is 2.45. The van der Waals surface area contributed by atoms with Crippen LogP contribution in [-0.2, 0) is 4.79 Å². The first-order valence-corrected chi connectivity index (χ1v) is 9.52. The van der Waals surface area contributed by atoms with Crippen molar-refractivity contribution in [1.82, 2.24) is 4.90 Å². The summed E-state index contributed by atoms with van der Waals surface area (Å²) in [6, 6.07) is 6.49. The third-order valence-electron chi connectivity index (χ3n) is 5.46. The van der Waals surface area contributed by atoms with Gasteiger partial charge in [-0.25, -0.2) is 4.39 Å². The van der Waals surface area contributed by atoms with Crippen molar-refractivity contribution in [3.05, 3.63) is 52.9 Å². The third-order valence-corrected chi connectivity index (χ3v) is 5.46. The highest BCUT2D eigenvalue weighted by atomic mass is 19.1. The van der Waals surface area contributed by atoms with Crippen LogP contribution in [0.25, 0.3) is 0 Å². The molecule has 1 aliphatic carbocycles. The number of aryl methyl sites for hydroxylation is 2. The number of benzene rings is 1. The molecule has 2 aliphatic rings. The van der Waals surface area contributed by atoms with Crippen molar-refractivity contribution in [3.8, 4) is 12.3 Å². The molecule has 1 saturated heterocycles. The Balaban J connectivity index is 1.58. The molecule has 0 N–H and O–H groups in total. The highest BCUT2D eigenvalue weighted by Gasteiger charge is 2.46. The van der Waals surface area contributed by atoms with Gasteiger partial charge in [0.05, 0.1) is 5.83 Å². The smallest absolute Gasteiger partial charge is 0.226 e. The van der Waals surface area contributed by atoms with E-state index in [0.29, 0.717) is 0 Å². The number of halogens is 1. The Morgan fingerprint density at radius 1 is 1.19 bits per heavy atom. The number of piperazine rings is 1. The van der Waals surface area contributed by atoms with Gasteiger partial charge in [0.15, 0.2) is 0 Å². The summed E-state index contributed by atoms with van der Waals surface area (Å²) in [6.45, 7) is 8.76. The minimum absolute atomic E-state index is 0.0483. The quantitative estimate of drug-likeness (QED) is 0.594. The first-order chi connectivity index (χ1) is 12.9. The summed E-state index contributed by atoms with van der Waals surface area (Å²) in [5.74, 6) is 2.53. The standard InChI is InChI=1S/C23H27FN2O/c1-5-19(9-8-18(4)24)20-15-21(20)23(27)26-12-10-25(11-13-26)22-14-16(2)6-7-17(22)3/h1,6-9,14,20-21H,10-13,15H2,2-4H3/b18-8+,19-9+. The number of anilines is 1. The van der Waals surface area contributed by atoms with Gasteiger partial charge in [-0.05, 0) is 56.5 Å². The molecular weight excluding hydrogens is 339 g/mol. The van der Waals surface area contributed by atoms with Gasteiger partial charge < -0.3 is 9.80 Å². The number of hydrogen-bond acceptors (Lipinski definition) is 2. The number of amides is 1. The van der Waals surface area contributed by atoms with Gasteiger partial charge in [-0.2, -0.15) is 0 Å². The zero-order valence-corrected chi connectivity index (χ0v) is 16.3. The molecule has 0 radical (unpaired) electrons. The second kappa shape index (κ2) is 8.00. The predicted molar refractivity (Wildman–Crippen MR) is 108 cm³/mol. The number of nitrogens with zero attached hydrogens (tertiary/aromatic N) is 2. The maximum atomic E-state index is 12.9. The molecular formula is C23H27FN2O. The lowest BCUT2D eigenvalue weighted by Crippen LogP contribution is -2.49. The Kier molecular flexibility index (Phi) is 5.70. The molecule has 0 bridgehead atoms. The zero-order valence-electron chi connectivity index (χ0n) is 16.3. The normalized spacial score (nSPS) is 23.2. The van der Waals surface area contributed by atoms with Crippen LogP contribution in [0.15, 0.2) is 41.8 Å². The Morgan fingerprint density at radius 2 is 1.89 bits per heavy atom. The average molecular weight is 366 g/mol. The number of rotatable bonds is 4. The molecule has 1 aromatic rings. The summed E-state index contributed by atoms with van der Waals surface area (Å²) in [5.41, 5.74) is 4.50. The molecule has 1 saturated carbocycles. The molecule has 1 amide bonds. The van der Waals surface area contributed by atoms with E-state index in [1.165, 1.54) is 29.8 Å². The van der Waals surface area contributed by atoms with E-state index in [9.17, 15) is 9.18 Å². The van der Waals surface area contributed by atoms with Crippen molar-refractivity contribution in [1.29, 1.82) is 0 Å². The van der Waals surface area contributed by atoms with Gasteiger partial charge in [0.1, 0.15) is 0 Å². The fourth-order valence-corrected chi connectivity index (χ4v) is 3.76. The molecule has 0 spiro atoms. The van der Waals surface area contributed by atoms with Crippen LogP contribution in [0.2, 0.25) is 0 Å². The van der Waals surface area contributed by atoms with Crippen LogP contribution in [0, 0.1) is 38.0 Å². The summed E-state index contributed by atoms with van der Waals surface area (Å²) in [4.78, 5) is 17.1. The lowest BCUT2D eigenvalue weighted by Gasteiger charge is -2.37. The lowest BCUT2D eigenvalue weighted by molar-refractivity contribution is -0.133. The van der Waals surface area contributed by atoms with Crippen molar-refractivity contribution < 1.29 is 9.18 Å². The first-order valence-electron chi connectivity index (χ1n) is 9.52. The summed E-state index contributed by atoms with van der Waals surface area (Å²) in [6.07, 6.45) is 9.32. The number of allylic oxidation sites excluding steroid dienone is 4. The Hall–Kier alpha value is -2.54. The molecule has 0 aromatic heterocycles. The van der Waals surface area contributed by atoms with Crippen LogP contribution in [0.4, 0.5) is 10.1 Å². The van der Waals surface area contributed by atoms with Gasteiger partial charge in [0.2, 0.25) is 5.91 Å². The number of carbonyl (C=O) groups excluding carboxylic acids is 1. The minimum atomic E-state index is -0.283. The van der Waals surface area contributed by atoms with Crippen molar-refractivity contribution >= 4 is 11.6 Å². The molecule has 3 nitrogen and oxygen atoms in total. The van der Waals surface area contributed by atoms with E-state index < -0.39 is 0 Å². The monoisotopic (exact) mass is 366 g/mol. The summed E-state index contributed by atoms with van der Waals surface area (Å²) in [7, 11) is 0. The molecule has 1 aromatic carbocycles. The largest absolute Gasteiger partial charge is 0.368 e. The zero-order chi connectivity index (χ0) is 19.6. The second-order valence-corrected chi connectivity index (χ2v) is 7.57. The van der Waals surface area contributed by atoms with Crippen molar-refractivity contribution in [2.75, 3.05) is 31.1 Å². The molecule has 142 valence electrons. The predicted octanol–water partition coefficient (Wildman–Crippen LogP) is 4.02. The number of terminal acetylenes is 1. The van der Waals surface area contributed by atoms with E-state index >= 15 is 0 Å². The molecule has 1 aliphatic heterocycles. The topological polar surface area (TPSA) is 23.6 Å². The van der Waals surface area contributed by atoms with Crippen LogP contribution in [0.1, 0.15) is 24.5 Å². The first kappa shape index (κ1) is 19.2. The molecule has 1 heterocycles. The lowest BCUT2D eigenvalue weighted by atomic mass is 10.1. The fourth-order valence-electron chi connectivity index (χ4n) is 3.76. The van der Waals surface area contributed by atoms with E-state index in [2.05, 4.69) is 42.9 Å². The van der Waals surface area contributed by atoms with Gasteiger partial charge in [-0.3, -0.25) is 4.79 Å². The van der Waals surface area contributed by atoms with E-state index in [-0.39, 0.29) is 23.6 Å². The summed E-state index contributed by atoms with van der Waals surface area (Å²) in [5, 5.41) is 0. The van der Waals surface area contributed by atoms with Gasteiger partial charge in [0.25, 0.3) is 0 Å². The SMILES string of the molecule is C#C/C(=C\C=C(/C)F)C1CC1C(=O)N1CCN(c2cc(C)ccc2C)CC1. The maximum absolute atomic E-state index is 12.9. The van der Waals surface area contributed by atoms with Crippen molar-refractivity contribution in [3.63, 3.8) is 0 Å². The molecule has 27 heavy (non-hydrogen) atoms. The van der Waals surface area contributed by atoms with Crippen LogP contribution in [0.5, 0.6) is 0 Å². The molecule has 3 rings (SSSR count). The highest BCUT2D eigenvalue weighted by molar-refractivity contribution is 5.83. The van der Waals surface area contributed by atoms with Crippen molar-refractivity contribution in [2.24, 2.45) is 11.8 Å². The fraction of sp³-hybridized carbons (Fsp3) is 0.435. The van der Waals surface area contributed by atoms with E-state index in [1.54, 1.807) is 6.08 Å². The van der Waals surface area contributed by atoms with Crippen LogP contribution in [-0.4, -0.2) is 37.0 Å². The Morgan fingerprint density at radius 3 is 2.52 bits per heavy atom. The maximum Gasteiger partial charge on any atom is 0.226 e. The Bertz CT molecular complexity index is 821. The summed E-state index contributed by atoms with van der Waals surface area (Å²) < 4.78 is 12.9. The average Bonchev–Trinajstić information content (AvgIpc) is 3.44. The number of hydrogen-bond donors (Lipinski definition) is 0. The number of carbonyl (C=O) groups is 1. The molecule has 2 unspecified atom stereocenters. The van der Waals surface area contributed by atoms with Crippen molar-refractivity contribution in [2.45, 2.75) is 27.2 Å². The second-order valence-electron chi connectivity index (χ2n) is 7.57. The van der Waals surface area contributed by atoms with E-state index in [0.717, 1.165) is 38.2 Å². The van der Waals surface area contributed by atoms with E-state index in [1.807, 2.05) is 4.90 Å². The van der Waals surface area contributed by atoms with Crippen LogP contribution in [0.3, 0.4) is 0 Å². The van der Waals surface area contributed by atoms with Gasteiger partial charge >= 0.3 is 0 Å². The van der Waals surface area contributed by atoms with Gasteiger partial charge in [0, 0.05) is 49.3 Å². The third kappa shape index (κ3) is 4.42. The van der Waals surface area contributed by atoms with Crippen LogP contribution < -0.4 is 4.90 Å². The molecule has 2 fully saturated rings. The minimum Gasteiger partial charge on any atom is -0.368 e. The summed E-state index contributed by atoms with van der Waals surface area (Å²) >= 11 is 0. The van der Waals surface area contributed by atoms with Crippen LogP contribution >= 0.6 is 0 Å². The molecule has 4 heteroatoms. The van der Waals surface area contributed by atoms with Gasteiger partial charge in [-0.1, -0.05) is 18.1 Å². The molecule has 2 atom stereocenters. The Labute approximate surface area is 161 Å². The van der Waals surface area contributed by atoms with E-state index in [4.69, 9.17) is 6.42 Å². The van der Waals surface area contributed by atoms with Gasteiger partial charge in [-0.15, -0.1) is 6.42 Å².